The number of ketones is 1. The van der Waals surface area contributed by atoms with E-state index in [0.717, 1.165) is 13.0 Å². The van der Waals surface area contributed by atoms with E-state index in [4.69, 9.17) is 0 Å². The minimum absolute atomic E-state index is 0.0509. The van der Waals surface area contributed by atoms with Gasteiger partial charge in [-0.2, -0.15) is 0 Å². The first-order chi connectivity index (χ1) is 5.90. The van der Waals surface area contributed by atoms with E-state index in [2.05, 4.69) is 26.1 Å². The highest BCUT2D eigenvalue weighted by molar-refractivity contribution is 5.83. The molecular weight excluding hydrogens is 162 g/mol. The number of rotatable bonds is 5. The molecule has 1 N–H and O–H groups in total. The zero-order chi connectivity index (χ0) is 10.5. The van der Waals surface area contributed by atoms with Crippen molar-refractivity contribution in [2.24, 2.45) is 5.41 Å². The SMILES string of the molecule is CCNC(CC(C)(C)C)C(=O)CC. The van der Waals surface area contributed by atoms with E-state index in [9.17, 15) is 4.79 Å². The first-order valence-corrected chi connectivity index (χ1v) is 5.16. The first-order valence-electron chi connectivity index (χ1n) is 5.16. The van der Waals surface area contributed by atoms with Crippen LogP contribution in [0.1, 0.15) is 47.5 Å². The highest BCUT2D eigenvalue weighted by atomic mass is 16.1. The Bertz CT molecular complexity index is 158. The van der Waals surface area contributed by atoms with Crippen molar-refractivity contribution in [3.8, 4) is 0 Å². The van der Waals surface area contributed by atoms with Gasteiger partial charge in [0.25, 0.3) is 0 Å². The lowest BCUT2D eigenvalue weighted by Crippen LogP contribution is -2.39. The standard InChI is InChI=1S/C11H23NO/c1-6-10(13)9(12-7-2)8-11(3,4)5/h9,12H,6-8H2,1-5H3. The predicted molar refractivity (Wildman–Crippen MR) is 56.8 cm³/mol. The maximum Gasteiger partial charge on any atom is 0.149 e. The molecular formula is C11H23NO. The Balaban J connectivity index is 4.17. The normalized spacial score (nSPS) is 14.2. The largest absolute Gasteiger partial charge is 0.308 e. The minimum atomic E-state index is 0.0509. The van der Waals surface area contributed by atoms with Crippen LogP contribution >= 0.6 is 0 Å². The van der Waals surface area contributed by atoms with Gasteiger partial charge in [0.1, 0.15) is 5.78 Å². The van der Waals surface area contributed by atoms with Crippen molar-refractivity contribution >= 4 is 5.78 Å². The summed E-state index contributed by atoms with van der Waals surface area (Å²) < 4.78 is 0. The lowest BCUT2D eigenvalue weighted by atomic mass is 9.86. The van der Waals surface area contributed by atoms with Crippen molar-refractivity contribution in [2.75, 3.05) is 6.54 Å². The van der Waals surface area contributed by atoms with Gasteiger partial charge in [-0.25, -0.2) is 0 Å². The molecule has 2 heteroatoms. The van der Waals surface area contributed by atoms with Crippen LogP contribution in [0.25, 0.3) is 0 Å². The van der Waals surface area contributed by atoms with Crippen molar-refractivity contribution in [3.63, 3.8) is 0 Å². The van der Waals surface area contributed by atoms with Crippen LogP contribution in [0, 0.1) is 5.41 Å². The summed E-state index contributed by atoms with van der Waals surface area (Å²) in [4.78, 5) is 11.5. The Morgan fingerprint density at radius 3 is 2.15 bits per heavy atom. The van der Waals surface area contributed by atoms with E-state index < -0.39 is 0 Å². The third-order valence-corrected chi connectivity index (χ3v) is 2.00. The number of carbonyl (C=O) groups is 1. The Morgan fingerprint density at radius 1 is 1.31 bits per heavy atom. The summed E-state index contributed by atoms with van der Waals surface area (Å²) in [6.45, 7) is 11.3. The molecule has 1 atom stereocenters. The molecule has 1 unspecified atom stereocenters. The van der Waals surface area contributed by atoms with E-state index in [1.165, 1.54) is 0 Å². The third-order valence-electron chi connectivity index (χ3n) is 2.00. The van der Waals surface area contributed by atoms with Gasteiger partial charge >= 0.3 is 0 Å². The molecule has 0 saturated heterocycles. The zero-order valence-electron chi connectivity index (χ0n) is 9.61. The van der Waals surface area contributed by atoms with E-state index in [1.807, 2.05) is 13.8 Å². The molecule has 0 fully saturated rings. The van der Waals surface area contributed by atoms with Gasteiger partial charge in [-0.05, 0) is 18.4 Å². The highest BCUT2D eigenvalue weighted by Gasteiger charge is 2.22. The Kier molecular flexibility index (Phi) is 5.23. The molecule has 0 amide bonds. The molecule has 13 heavy (non-hydrogen) atoms. The quantitative estimate of drug-likeness (QED) is 0.712. The molecule has 0 aromatic carbocycles. The summed E-state index contributed by atoms with van der Waals surface area (Å²) in [5, 5.41) is 3.24. The maximum absolute atomic E-state index is 11.5. The summed E-state index contributed by atoms with van der Waals surface area (Å²) in [5.41, 5.74) is 0.220. The summed E-state index contributed by atoms with van der Waals surface area (Å²) in [6, 6.07) is 0.0509. The molecule has 2 nitrogen and oxygen atoms in total. The van der Waals surface area contributed by atoms with Gasteiger partial charge in [-0.3, -0.25) is 4.79 Å². The number of hydrogen-bond donors (Lipinski definition) is 1. The molecule has 0 saturated carbocycles. The number of Topliss-reactive ketones (excluding diaryl/α,β-unsaturated/α-hetero) is 1. The molecule has 0 aromatic rings. The molecule has 0 spiro atoms. The summed E-state index contributed by atoms with van der Waals surface area (Å²) in [7, 11) is 0. The molecule has 78 valence electrons. The molecule has 0 rings (SSSR count). The maximum atomic E-state index is 11.5. The van der Waals surface area contributed by atoms with Crippen LogP contribution in [0.4, 0.5) is 0 Å². The average molecular weight is 185 g/mol. The van der Waals surface area contributed by atoms with Gasteiger partial charge in [0.2, 0.25) is 0 Å². The fourth-order valence-corrected chi connectivity index (χ4v) is 1.41. The first kappa shape index (κ1) is 12.6. The lowest BCUT2D eigenvalue weighted by molar-refractivity contribution is -0.121. The molecule has 0 aromatic heterocycles. The summed E-state index contributed by atoms with van der Waals surface area (Å²) in [5.74, 6) is 0.330. The van der Waals surface area contributed by atoms with Gasteiger partial charge in [-0.15, -0.1) is 0 Å². The van der Waals surface area contributed by atoms with Gasteiger partial charge in [0.15, 0.2) is 0 Å². The van der Waals surface area contributed by atoms with Crippen LogP contribution < -0.4 is 5.32 Å². The van der Waals surface area contributed by atoms with Crippen LogP contribution in [-0.4, -0.2) is 18.4 Å². The number of likely N-dealkylation sites (N-methyl/N-ethyl adjacent to an activating group) is 1. The van der Waals surface area contributed by atoms with Crippen LogP contribution in [-0.2, 0) is 4.79 Å². The number of carbonyl (C=O) groups excluding carboxylic acids is 1. The van der Waals surface area contributed by atoms with E-state index in [0.29, 0.717) is 12.2 Å². The summed E-state index contributed by atoms with van der Waals surface area (Å²) in [6.07, 6.45) is 1.56. The molecule has 0 aliphatic carbocycles. The summed E-state index contributed by atoms with van der Waals surface area (Å²) >= 11 is 0. The van der Waals surface area contributed by atoms with Crippen LogP contribution in [0.2, 0.25) is 0 Å². The topological polar surface area (TPSA) is 29.1 Å². The monoisotopic (exact) mass is 185 g/mol. The molecule has 0 radical (unpaired) electrons. The third kappa shape index (κ3) is 5.81. The molecule has 0 heterocycles. The van der Waals surface area contributed by atoms with Gasteiger partial charge in [0.05, 0.1) is 6.04 Å². The van der Waals surface area contributed by atoms with Crippen molar-refractivity contribution in [2.45, 2.75) is 53.5 Å². The number of nitrogens with one attached hydrogen (secondary N) is 1. The lowest BCUT2D eigenvalue weighted by Gasteiger charge is -2.25. The van der Waals surface area contributed by atoms with Crippen LogP contribution in [0.15, 0.2) is 0 Å². The second-order valence-electron chi connectivity index (χ2n) is 4.69. The van der Waals surface area contributed by atoms with Crippen LogP contribution in [0.5, 0.6) is 0 Å². The molecule has 0 bridgehead atoms. The number of hydrogen-bond acceptors (Lipinski definition) is 2. The average Bonchev–Trinajstić information content (AvgIpc) is 2.00. The van der Waals surface area contributed by atoms with Gasteiger partial charge in [0, 0.05) is 6.42 Å². The zero-order valence-corrected chi connectivity index (χ0v) is 9.61. The Labute approximate surface area is 82.1 Å². The smallest absolute Gasteiger partial charge is 0.149 e. The highest BCUT2D eigenvalue weighted by Crippen LogP contribution is 2.21. The van der Waals surface area contributed by atoms with Crippen molar-refractivity contribution in [3.05, 3.63) is 0 Å². The van der Waals surface area contributed by atoms with E-state index >= 15 is 0 Å². The predicted octanol–water partition coefficient (Wildman–Crippen LogP) is 2.38. The second-order valence-corrected chi connectivity index (χ2v) is 4.69. The molecule has 0 aliphatic heterocycles. The van der Waals surface area contributed by atoms with E-state index in [1.54, 1.807) is 0 Å². The van der Waals surface area contributed by atoms with Crippen molar-refractivity contribution in [1.82, 2.24) is 5.32 Å². The minimum Gasteiger partial charge on any atom is -0.308 e. The Morgan fingerprint density at radius 2 is 1.85 bits per heavy atom. The van der Waals surface area contributed by atoms with Crippen molar-refractivity contribution in [1.29, 1.82) is 0 Å². The van der Waals surface area contributed by atoms with Gasteiger partial charge in [-0.1, -0.05) is 34.6 Å². The van der Waals surface area contributed by atoms with Gasteiger partial charge < -0.3 is 5.32 Å². The second kappa shape index (κ2) is 5.38. The van der Waals surface area contributed by atoms with Crippen LogP contribution in [0.3, 0.4) is 0 Å². The Hall–Kier alpha value is -0.370. The van der Waals surface area contributed by atoms with Crippen molar-refractivity contribution < 1.29 is 4.79 Å². The molecule has 0 aliphatic rings. The fourth-order valence-electron chi connectivity index (χ4n) is 1.41. The fraction of sp³-hybridized carbons (Fsp3) is 0.909. The van der Waals surface area contributed by atoms with E-state index in [-0.39, 0.29) is 11.5 Å².